The van der Waals surface area contributed by atoms with Gasteiger partial charge in [-0.25, -0.2) is 13.4 Å². The molecule has 1 aromatic carbocycles. The average molecular weight is 342 g/mol. The minimum Gasteiger partial charge on any atom is -0.441 e. The van der Waals surface area contributed by atoms with E-state index >= 15 is 0 Å². The summed E-state index contributed by atoms with van der Waals surface area (Å²) in [5.74, 6) is 1.33. The van der Waals surface area contributed by atoms with Crippen molar-refractivity contribution in [1.29, 1.82) is 0 Å². The summed E-state index contributed by atoms with van der Waals surface area (Å²) in [6.07, 6.45) is 4.59. The number of aromatic nitrogens is 1. The summed E-state index contributed by atoms with van der Waals surface area (Å²) in [6, 6.07) is 6.24. The summed E-state index contributed by atoms with van der Waals surface area (Å²) in [4.78, 5) is 4.34. The van der Waals surface area contributed by atoms with Crippen LogP contribution >= 0.6 is 10.7 Å². The second-order valence-corrected chi connectivity index (χ2v) is 9.06. The Morgan fingerprint density at radius 1 is 1.18 bits per heavy atom. The van der Waals surface area contributed by atoms with E-state index in [1.54, 1.807) is 18.3 Å². The van der Waals surface area contributed by atoms with Crippen LogP contribution in [0.3, 0.4) is 0 Å². The largest absolute Gasteiger partial charge is 0.441 e. The molecule has 1 aromatic heterocycles. The highest BCUT2D eigenvalue weighted by molar-refractivity contribution is 8.13. The zero-order valence-electron chi connectivity index (χ0n) is 13.0. The fraction of sp³-hybridized carbons (Fsp3) is 0.438. The normalized spacial score (nSPS) is 12.5. The third-order valence-electron chi connectivity index (χ3n) is 3.29. The van der Waals surface area contributed by atoms with Crippen molar-refractivity contribution in [3.05, 3.63) is 36.4 Å². The van der Waals surface area contributed by atoms with Crippen molar-refractivity contribution < 1.29 is 12.8 Å². The second kappa shape index (κ2) is 6.42. The summed E-state index contributed by atoms with van der Waals surface area (Å²) in [7, 11) is 1.59. The van der Waals surface area contributed by atoms with Gasteiger partial charge in [0.25, 0.3) is 9.05 Å². The molecule has 0 bridgehead atoms. The quantitative estimate of drug-likeness (QED) is 0.743. The van der Waals surface area contributed by atoms with Gasteiger partial charge in [-0.15, -0.1) is 0 Å². The molecule has 0 N–H and O–H groups in total. The monoisotopic (exact) mass is 341 g/mol. The maximum Gasteiger partial charge on any atom is 0.261 e. The van der Waals surface area contributed by atoms with Crippen LogP contribution in [-0.4, -0.2) is 13.4 Å². The van der Waals surface area contributed by atoms with Crippen molar-refractivity contribution in [3.8, 4) is 11.3 Å². The van der Waals surface area contributed by atoms with Crippen LogP contribution in [-0.2, 0) is 15.5 Å². The van der Waals surface area contributed by atoms with Gasteiger partial charge in [0.05, 0.1) is 11.1 Å². The highest BCUT2D eigenvalue weighted by Gasteiger charge is 2.13. The predicted molar refractivity (Wildman–Crippen MR) is 87.4 cm³/mol. The molecule has 0 radical (unpaired) electrons. The van der Waals surface area contributed by atoms with Crippen molar-refractivity contribution in [1.82, 2.24) is 4.98 Å². The summed E-state index contributed by atoms with van der Waals surface area (Å²) >= 11 is 0. The van der Waals surface area contributed by atoms with Crippen molar-refractivity contribution in [2.24, 2.45) is 5.41 Å². The Balaban J connectivity index is 2.05. The molecule has 4 nitrogen and oxygen atoms in total. The third kappa shape index (κ3) is 4.85. The van der Waals surface area contributed by atoms with Gasteiger partial charge < -0.3 is 4.42 Å². The van der Waals surface area contributed by atoms with Gasteiger partial charge in [-0.3, -0.25) is 0 Å². The molecule has 0 fully saturated rings. The number of nitrogens with zero attached hydrogens (tertiary/aromatic N) is 1. The van der Waals surface area contributed by atoms with Crippen LogP contribution in [0.4, 0.5) is 0 Å². The molecule has 0 aliphatic heterocycles. The molecule has 0 spiro atoms. The first-order valence-corrected chi connectivity index (χ1v) is 9.46. The molecule has 0 saturated carbocycles. The SMILES string of the molecule is CC(C)(C)CCCc1ncc(-c2ccc(S(=O)(=O)Cl)cc2)o1. The van der Waals surface area contributed by atoms with Gasteiger partial charge >= 0.3 is 0 Å². The first-order valence-electron chi connectivity index (χ1n) is 7.15. The number of hydrogen-bond acceptors (Lipinski definition) is 4. The lowest BCUT2D eigenvalue weighted by molar-refractivity contribution is 0.356. The van der Waals surface area contributed by atoms with Crippen LogP contribution in [0.2, 0.25) is 0 Å². The summed E-state index contributed by atoms with van der Waals surface area (Å²) in [6.45, 7) is 6.63. The Bertz CT molecular complexity index is 727. The molecule has 6 heteroatoms. The Labute approximate surface area is 135 Å². The van der Waals surface area contributed by atoms with E-state index in [0.29, 0.717) is 17.1 Å². The topological polar surface area (TPSA) is 60.2 Å². The molecule has 0 saturated heterocycles. The van der Waals surface area contributed by atoms with Crippen LogP contribution in [0.15, 0.2) is 39.8 Å². The number of hydrogen-bond donors (Lipinski definition) is 0. The fourth-order valence-electron chi connectivity index (χ4n) is 2.11. The Kier molecular flexibility index (Phi) is 4.97. The lowest BCUT2D eigenvalue weighted by Gasteiger charge is -2.16. The van der Waals surface area contributed by atoms with Crippen LogP contribution in [0, 0.1) is 5.41 Å². The van der Waals surface area contributed by atoms with Gasteiger partial charge in [-0.1, -0.05) is 20.8 Å². The Hall–Kier alpha value is -1.33. The van der Waals surface area contributed by atoms with Crippen LogP contribution < -0.4 is 0 Å². The Morgan fingerprint density at radius 3 is 2.36 bits per heavy atom. The molecule has 120 valence electrons. The number of rotatable bonds is 5. The van der Waals surface area contributed by atoms with Crippen LogP contribution in [0.1, 0.15) is 39.5 Å². The van der Waals surface area contributed by atoms with Gasteiger partial charge in [0, 0.05) is 22.7 Å². The maximum atomic E-state index is 11.2. The number of aryl methyl sites for hydroxylation is 1. The molecule has 2 aromatic rings. The van der Waals surface area contributed by atoms with Gasteiger partial charge in [0.2, 0.25) is 0 Å². The maximum absolute atomic E-state index is 11.2. The minimum atomic E-state index is -3.70. The van der Waals surface area contributed by atoms with Crippen LogP contribution in [0.25, 0.3) is 11.3 Å². The molecule has 1 heterocycles. The number of oxazole rings is 1. The van der Waals surface area contributed by atoms with Gasteiger partial charge in [0.1, 0.15) is 0 Å². The molecular formula is C16H20ClNO3S. The highest BCUT2D eigenvalue weighted by atomic mass is 35.7. The van der Waals surface area contributed by atoms with E-state index in [0.717, 1.165) is 24.8 Å². The lowest BCUT2D eigenvalue weighted by atomic mass is 9.90. The zero-order valence-corrected chi connectivity index (χ0v) is 14.5. The molecule has 0 aliphatic carbocycles. The van der Waals surface area contributed by atoms with Gasteiger partial charge in [0.15, 0.2) is 11.7 Å². The van der Waals surface area contributed by atoms with E-state index < -0.39 is 9.05 Å². The lowest BCUT2D eigenvalue weighted by Crippen LogP contribution is -2.04. The van der Waals surface area contributed by atoms with E-state index in [-0.39, 0.29) is 4.90 Å². The molecule has 2 rings (SSSR count). The number of halogens is 1. The van der Waals surface area contributed by atoms with E-state index in [2.05, 4.69) is 25.8 Å². The van der Waals surface area contributed by atoms with E-state index in [9.17, 15) is 8.42 Å². The van der Waals surface area contributed by atoms with Crippen molar-refractivity contribution in [2.75, 3.05) is 0 Å². The van der Waals surface area contributed by atoms with Crippen molar-refractivity contribution in [3.63, 3.8) is 0 Å². The highest BCUT2D eigenvalue weighted by Crippen LogP contribution is 2.25. The van der Waals surface area contributed by atoms with Crippen molar-refractivity contribution >= 4 is 19.7 Å². The smallest absolute Gasteiger partial charge is 0.261 e. The number of benzene rings is 1. The molecule has 0 amide bonds. The summed E-state index contributed by atoms with van der Waals surface area (Å²) < 4.78 is 28.1. The molecule has 0 unspecified atom stereocenters. The van der Waals surface area contributed by atoms with E-state index in [4.69, 9.17) is 15.1 Å². The van der Waals surface area contributed by atoms with E-state index in [1.807, 2.05) is 0 Å². The first kappa shape index (κ1) is 17.0. The second-order valence-electron chi connectivity index (χ2n) is 6.49. The minimum absolute atomic E-state index is 0.0721. The van der Waals surface area contributed by atoms with E-state index in [1.165, 1.54) is 12.1 Å². The molecule has 0 aliphatic rings. The molecular weight excluding hydrogens is 322 g/mol. The predicted octanol–water partition coefficient (Wildman–Crippen LogP) is 4.64. The van der Waals surface area contributed by atoms with Gasteiger partial charge in [-0.05, 0) is 42.5 Å². The summed E-state index contributed by atoms with van der Waals surface area (Å²) in [5.41, 5.74) is 1.08. The molecule has 22 heavy (non-hydrogen) atoms. The van der Waals surface area contributed by atoms with Crippen molar-refractivity contribution in [2.45, 2.75) is 44.9 Å². The molecule has 0 atom stereocenters. The van der Waals surface area contributed by atoms with Gasteiger partial charge in [-0.2, -0.15) is 0 Å². The average Bonchev–Trinajstić information content (AvgIpc) is 2.85. The fourth-order valence-corrected chi connectivity index (χ4v) is 2.88. The van der Waals surface area contributed by atoms with Crippen LogP contribution in [0.5, 0.6) is 0 Å². The first-order chi connectivity index (χ1) is 10.1. The third-order valence-corrected chi connectivity index (χ3v) is 4.66. The standard InChI is InChI=1S/C16H20ClNO3S/c1-16(2,3)10-4-5-15-18-11-14(21-15)12-6-8-13(9-7-12)22(17,19)20/h6-9,11H,4-5,10H2,1-3H3. The zero-order chi connectivity index (χ0) is 16.4. The summed E-state index contributed by atoms with van der Waals surface area (Å²) in [5, 5.41) is 0. The Morgan fingerprint density at radius 2 is 1.82 bits per heavy atom.